The molecule has 0 aromatic carbocycles. The van der Waals surface area contributed by atoms with Gasteiger partial charge in [0, 0.05) is 24.0 Å². The predicted molar refractivity (Wildman–Crippen MR) is 94.1 cm³/mol. The molecule has 26 heavy (non-hydrogen) atoms. The minimum absolute atomic E-state index is 0.255. The molecule has 3 aliphatic heterocycles. The van der Waals surface area contributed by atoms with Gasteiger partial charge in [0.05, 0.1) is 23.7 Å². The summed E-state index contributed by atoms with van der Waals surface area (Å²) in [6.45, 7) is 11.0. The van der Waals surface area contributed by atoms with Crippen molar-refractivity contribution in [3.05, 3.63) is 35.5 Å². The lowest BCUT2D eigenvalue weighted by Gasteiger charge is -2.34. The Kier molecular flexibility index (Phi) is 4.84. The second-order valence-corrected chi connectivity index (χ2v) is 7.62. The molecule has 0 aromatic rings. The van der Waals surface area contributed by atoms with E-state index in [1.165, 1.54) is 0 Å². The van der Waals surface area contributed by atoms with Crippen LogP contribution in [0.1, 0.15) is 40.5 Å². The Morgan fingerprint density at radius 2 is 2.19 bits per heavy atom. The van der Waals surface area contributed by atoms with Crippen LogP contribution in [0.15, 0.2) is 35.5 Å². The summed E-state index contributed by atoms with van der Waals surface area (Å²) in [6, 6.07) is 0. The van der Waals surface area contributed by atoms with E-state index in [-0.39, 0.29) is 18.1 Å². The first-order chi connectivity index (χ1) is 12.2. The van der Waals surface area contributed by atoms with Crippen LogP contribution >= 0.6 is 0 Å². The summed E-state index contributed by atoms with van der Waals surface area (Å²) in [4.78, 5) is 24.5. The van der Waals surface area contributed by atoms with Crippen LogP contribution in [-0.2, 0) is 23.8 Å². The molecule has 0 amide bonds. The molecule has 1 N–H and O–H groups in total. The van der Waals surface area contributed by atoms with E-state index in [2.05, 4.69) is 6.58 Å². The summed E-state index contributed by atoms with van der Waals surface area (Å²) >= 11 is 0. The maximum atomic E-state index is 12.4. The smallest absolute Gasteiger partial charge is 0.334 e. The predicted octanol–water partition coefficient (Wildman–Crippen LogP) is 2.22. The number of fused-ring (bicyclic) bond motifs is 3. The van der Waals surface area contributed by atoms with Gasteiger partial charge in [-0.05, 0) is 39.3 Å². The molecule has 0 radical (unpaired) electrons. The number of carbonyl (C=O) groups excluding carboxylic acids is 2. The van der Waals surface area contributed by atoms with Gasteiger partial charge in [0.1, 0.15) is 12.2 Å². The number of hydrogen-bond acceptors (Lipinski definition) is 6. The van der Waals surface area contributed by atoms with Crippen LogP contribution in [0.2, 0.25) is 0 Å². The third-order valence-electron chi connectivity index (χ3n) is 5.77. The van der Waals surface area contributed by atoms with Gasteiger partial charge in [0.2, 0.25) is 0 Å². The van der Waals surface area contributed by atoms with Gasteiger partial charge in [-0.2, -0.15) is 0 Å². The van der Waals surface area contributed by atoms with Crippen LogP contribution in [0.3, 0.4) is 0 Å². The second-order valence-electron chi connectivity index (χ2n) is 7.62. The number of allylic oxidation sites excluding steroid dienone is 1. The fourth-order valence-electron chi connectivity index (χ4n) is 3.90. The van der Waals surface area contributed by atoms with Crippen LogP contribution in [0.25, 0.3) is 0 Å². The Balaban J connectivity index is 2.02. The van der Waals surface area contributed by atoms with Crippen LogP contribution in [0.5, 0.6) is 0 Å². The number of hydrogen-bond donors (Lipinski definition) is 1. The third kappa shape index (κ3) is 3.12. The Morgan fingerprint density at radius 1 is 1.50 bits per heavy atom. The first kappa shape index (κ1) is 18.9. The molecule has 6 atom stereocenters. The molecule has 6 heteroatoms. The fraction of sp³-hybridized carbons (Fsp3) is 0.600. The molecule has 0 spiro atoms. The van der Waals surface area contributed by atoms with Crippen molar-refractivity contribution in [3.63, 3.8) is 0 Å². The Morgan fingerprint density at radius 3 is 2.85 bits per heavy atom. The molecule has 6 nitrogen and oxygen atoms in total. The quantitative estimate of drug-likeness (QED) is 0.461. The van der Waals surface area contributed by atoms with E-state index < -0.39 is 41.8 Å². The van der Waals surface area contributed by atoms with Crippen LogP contribution < -0.4 is 0 Å². The monoisotopic (exact) mass is 362 g/mol. The number of aliphatic hydroxyl groups excluding tert-OH is 1. The number of carbonyl (C=O) groups is 2. The van der Waals surface area contributed by atoms with Crippen LogP contribution in [0.4, 0.5) is 0 Å². The largest absolute Gasteiger partial charge is 0.458 e. The van der Waals surface area contributed by atoms with E-state index in [0.29, 0.717) is 12.0 Å². The van der Waals surface area contributed by atoms with Crippen LogP contribution in [-0.4, -0.2) is 47.1 Å². The summed E-state index contributed by atoms with van der Waals surface area (Å²) in [5, 5.41) is 10.6. The van der Waals surface area contributed by atoms with Gasteiger partial charge in [-0.15, -0.1) is 0 Å². The summed E-state index contributed by atoms with van der Waals surface area (Å²) in [5.74, 6) is -1.44. The van der Waals surface area contributed by atoms with Crippen molar-refractivity contribution in [2.45, 2.75) is 70.6 Å². The van der Waals surface area contributed by atoms with Gasteiger partial charge in [-0.25, -0.2) is 9.59 Å². The summed E-state index contributed by atoms with van der Waals surface area (Å²) in [6.07, 6.45) is 2.02. The number of rotatable bonds is 2. The van der Waals surface area contributed by atoms with E-state index in [1.54, 1.807) is 19.9 Å². The molecule has 0 aliphatic carbocycles. The highest BCUT2D eigenvalue weighted by atomic mass is 16.6. The van der Waals surface area contributed by atoms with E-state index in [1.807, 2.05) is 19.9 Å². The van der Waals surface area contributed by atoms with Gasteiger partial charge in [-0.1, -0.05) is 12.7 Å². The maximum absolute atomic E-state index is 12.4. The molecule has 142 valence electrons. The minimum atomic E-state index is -0.880. The highest BCUT2D eigenvalue weighted by molar-refractivity contribution is 5.92. The standard InChI is InChI=1S/C20H26O6/c1-6-10(2)18(22)25-15-9-20(5)16(21)8-13(26-20)11(3)7-14-17(15)12(4)19(23)24-14/h6-7,13-17,21H,4,8-9H2,1-3,5H3. The number of aliphatic hydroxyl groups is 1. The molecule has 3 rings (SSSR count). The molecular weight excluding hydrogens is 336 g/mol. The maximum Gasteiger partial charge on any atom is 0.334 e. The van der Waals surface area contributed by atoms with Crippen molar-refractivity contribution >= 4 is 11.9 Å². The van der Waals surface area contributed by atoms with E-state index in [4.69, 9.17) is 14.2 Å². The van der Waals surface area contributed by atoms with E-state index in [0.717, 1.165) is 5.57 Å². The van der Waals surface area contributed by atoms with Crippen LogP contribution in [0, 0.1) is 5.92 Å². The van der Waals surface area contributed by atoms with Gasteiger partial charge < -0.3 is 19.3 Å². The molecule has 3 heterocycles. The van der Waals surface area contributed by atoms with Crippen molar-refractivity contribution in [2.24, 2.45) is 5.92 Å². The zero-order valence-corrected chi connectivity index (χ0v) is 15.7. The normalized spacial score (nSPS) is 40.1. The zero-order chi connectivity index (χ0) is 19.2. The molecule has 2 bridgehead atoms. The lowest BCUT2D eigenvalue weighted by molar-refractivity contribution is -0.154. The second kappa shape index (κ2) is 6.67. The lowest BCUT2D eigenvalue weighted by Crippen LogP contribution is -2.44. The highest BCUT2D eigenvalue weighted by Gasteiger charge is 2.53. The van der Waals surface area contributed by atoms with Gasteiger partial charge in [-0.3, -0.25) is 0 Å². The highest BCUT2D eigenvalue weighted by Crippen LogP contribution is 2.44. The van der Waals surface area contributed by atoms with Gasteiger partial charge >= 0.3 is 11.9 Å². The van der Waals surface area contributed by atoms with Gasteiger partial charge in [0.25, 0.3) is 0 Å². The number of esters is 2. The summed E-state index contributed by atoms with van der Waals surface area (Å²) in [5.41, 5.74) is 0.766. The molecular formula is C20H26O6. The molecule has 2 fully saturated rings. The Bertz CT molecular complexity index is 705. The fourth-order valence-corrected chi connectivity index (χ4v) is 3.90. The van der Waals surface area contributed by atoms with Crippen molar-refractivity contribution in [1.82, 2.24) is 0 Å². The van der Waals surface area contributed by atoms with Gasteiger partial charge in [0.15, 0.2) is 0 Å². The SMILES string of the molecule is C=C1C(=O)OC2C=C(C)C3CC(O)C(C)(CC(OC(=O)C(C)=CC)C12)O3. The Hall–Kier alpha value is -1.92. The van der Waals surface area contributed by atoms with Crippen molar-refractivity contribution in [3.8, 4) is 0 Å². The molecule has 0 aromatic heterocycles. The zero-order valence-electron chi connectivity index (χ0n) is 15.7. The third-order valence-corrected chi connectivity index (χ3v) is 5.77. The molecule has 2 saturated heterocycles. The van der Waals surface area contributed by atoms with Crippen molar-refractivity contribution in [1.29, 1.82) is 0 Å². The van der Waals surface area contributed by atoms with Crippen molar-refractivity contribution in [2.75, 3.05) is 0 Å². The molecule has 6 unspecified atom stereocenters. The van der Waals surface area contributed by atoms with E-state index in [9.17, 15) is 14.7 Å². The Labute approximate surface area is 153 Å². The average Bonchev–Trinajstić information content (AvgIpc) is 3.03. The topological polar surface area (TPSA) is 82.1 Å². The average molecular weight is 362 g/mol. The number of ether oxygens (including phenoxy) is 3. The van der Waals surface area contributed by atoms with E-state index >= 15 is 0 Å². The minimum Gasteiger partial charge on any atom is -0.458 e. The first-order valence-corrected chi connectivity index (χ1v) is 8.94. The molecule has 0 saturated carbocycles. The molecule has 3 aliphatic rings. The first-order valence-electron chi connectivity index (χ1n) is 8.94. The summed E-state index contributed by atoms with van der Waals surface area (Å²) in [7, 11) is 0. The summed E-state index contributed by atoms with van der Waals surface area (Å²) < 4.78 is 17.3. The lowest BCUT2D eigenvalue weighted by atomic mass is 9.81. The van der Waals surface area contributed by atoms with Crippen molar-refractivity contribution < 1.29 is 28.9 Å².